The Balaban J connectivity index is 2.59. The summed E-state index contributed by atoms with van der Waals surface area (Å²) < 4.78 is 1.06. The molecule has 3 heteroatoms. The van der Waals surface area contributed by atoms with Crippen molar-refractivity contribution in [1.82, 2.24) is 0 Å². The molecule has 0 amide bonds. The average molecular weight is 244 g/mol. The van der Waals surface area contributed by atoms with Gasteiger partial charge in [0.1, 0.15) is 0 Å². The van der Waals surface area contributed by atoms with Crippen LogP contribution in [0.2, 0.25) is 0 Å². The van der Waals surface area contributed by atoms with Crippen LogP contribution in [0.4, 0.5) is 0 Å². The van der Waals surface area contributed by atoms with Crippen LogP contribution in [0.1, 0.15) is 12.5 Å². The highest BCUT2D eigenvalue weighted by Crippen LogP contribution is 2.12. The molecule has 13 heavy (non-hydrogen) atoms. The molecule has 0 bridgehead atoms. The summed E-state index contributed by atoms with van der Waals surface area (Å²) in [6.07, 6.45) is 0.258. The van der Waals surface area contributed by atoms with Crippen molar-refractivity contribution in [2.75, 3.05) is 0 Å². The maximum atomic E-state index is 9.20. The fourth-order valence-corrected chi connectivity index (χ4v) is 1.33. The molecule has 0 saturated carbocycles. The largest absolute Gasteiger partial charge is 0.392 e. The number of hydrogen-bond donors (Lipinski definition) is 2. The molecule has 1 rings (SSSR count). The van der Waals surface area contributed by atoms with Crippen molar-refractivity contribution in [1.29, 1.82) is 0 Å². The van der Waals surface area contributed by atoms with Gasteiger partial charge in [-0.1, -0.05) is 28.1 Å². The van der Waals surface area contributed by atoms with Crippen molar-refractivity contribution < 1.29 is 5.11 Å². The van der Waals surface area contributed by atoms with Gasteiger partial charge < -0.3 is 10.8 Å². The number of nitrogens with two attached hydrogens (primary N) is 1. The molecule has 0 aliphatic carbocycles. The molecule has 0 heterocycles. The molecule has 1 aromatic rings. The zero-order valence-corrected chi connectivity index (χ0v) is 9.16. The molecule has 1 aromatic carbocycles. The predicted octanol–water partition coefficient (Wildman–Crippen LogP) is 1.70. The third kappa shape index (κ3) is 3.46. The quantitative estimate of drug-likeness (QED) is 0.850. The summed E-state index contributed by atoms with van der Waals surface area (Å²) in [5.74, 6) is 0. The van der Waals surface area contributed by atoms with Gasteiger partial charge in [-0.2, -0.15) is 0 Å². The SMILES string of the molecule is CC(O)C(N)Cc1ccc(Br)cc1. The molecule has 0 radical (unpaired) electrons. The van der Waals surface area contributed by atoms with Crippen molar-refractivity contribution in [2.24, 2.45) is 5.73 Å². The zero-order chi connectivity index (χ0) is 9.84. The van der Waals surface area contributed by atoms with E-state index in [0.717, 1.165) is 10.0 Å². The lowest BCUT2D eigenvalue weighted by molar-refractivity contribution is 0.163. The Bertz CT molecular complexity index is 258. The van der Waals surface area contributed by atoms with Crippen LogP contribution in [-0.2, 0) is 6.42 Å². The minimum absolute atomic E-state index is 0.179. The summed E-state index contributed by atoms with van der Waals surface area (Å²) in [5, 5.41) is 9.20. The second-order valence-electron chi connectivity index (χ2n) is 3.24. The van der Waals surface area contributed by atoms with E-state index in [0.29, 0.717) is 6.42 Å². The van der Waals surface area contributed by atoms with Crippen molar-refractivity contribution >= 4 is 15.9 Å². The third-order valence-corrected chi connectivity index (χ3v) is 2.53. The minimum Gasteiger partial charge on any atom is -0.392 e. The first kappa shape index (κ1) is 10.7. The highest BCUT2D eigenvalue weighted by molar-refractivity contribution is 9.10. The van der Waals surface area contributed by atoms with E-state index < -0.39 is 6.10 Å². The number of halogens is 1. The summed E-state index contributed by atoms with van der Waals surface area (Å²) >= 11 is 3.36. The Morgan fingerprint density at radius 2 is 1.92 bits per heavy atom. The number of rotatable bonds is 3. The second-order valence-corrected chi connectivity index (χ2v) is 4.15. The van der Waals surface area contributed by atoms with E-state index in [1.807, 2.05) is 24.3 Å². The summed E-state index contributed by atoms with van der Waals surface area (Å²) in [5.41, 5.74) is 6.87. The molecule has 0 aliphatic heterocycles. The molecule has 0 saturated heterocycles. The molecular formula is C10H14BrNO. The van der Waals surface area contributed by atoms with Gasteiger partial charge in [0, 0.05) is 10.5 Å². The maximum Gasteiger partial charge on any atom is 0.0666 e. The van der Waals surface area contributed by atoms with Gasteiger partial charge in [-0.05, 0) is 31.0 Å². The lowest BCUT2D eigenvalue weighted by atomic mass is 10.0. The third-order valence-electron chi connectivity index (χ3n) is 2.00. The Morgan fingerprint density at radius 3 is 2.38 bits per heavy atom. The Morgan fingerprint density at radius 1 is 1.38 bits per heavy atom. The van der Waals surface area contributed by atoms with Gasteiger partial charge in [-0.25, -0.2) is 0 Å². The highest BCUT2D eigenvalue weighted by atomic mass is 79.9. The van der Waals surface area contributed by atoms with Crippen LogP contribution in [-0.4, -0.2) is 17.3 Å². The van der Waals surface area contributed by atoms with Crippen LogP contribution in [0.3, 0.4) is 0 Å². The van der Waals surface area contributed by atoms with Crippen LogP contribution in [0.25, 0.3) is 0 Å². The van der Waals surface area contributed by atoms with E-state index in [-0.39, 0.29) is 6.04 Å². The standard InChI is InChI=1S/C10H14BrNO/c1-7(13)10(12)6-8-2-4-9(11)5-3-8/h2-5,7,10,13H,6,12H2,1H3. The van der Waals surface area contributed by atoms with Crippen molar-refractivity contribution in [3.8, 4) is 0 Å². The fourth-order valence-electron chi connectivity index (χ4n) is 1.06. The molecule has 2 atom stereocenters. The normalized spacial score (nSPS) is 15.4. The van der Waals surface area contributed by atoms with E-state index in [4.69, 9.17) is 5.73 Å². The number of hydrogen-bond acceptors (Lipinski definition) is 2. The average Bonchev–Trinajstić information content (AvgIpc) is 2.08. The first-order valence-corrected chi connectivity index (χ1v) is 5.07. The highest BCUT2D eigenvalue weighted by Gasteiger charge is 2.09. The fraction of sp³-hybridized carbons (Fsp3) is 0.400. The van der Waals surface area contributed by atoms with Crippen LogP contribution in [0.15, 0.2) is 28.7 Å². The molecule has 3 N–H and O–H groups in total. The van der Waals surface area contributed by atoms with Crippen LogP contribution >= 0.6 is 15.9 Å². The Kier molecular flexibility index (Phi) is 3.90. The zero-order valence-electron chi connectivity index (χ0n) is 7.57. The summed E-state index contributed by atoms with van der Waals surface area (Å²) in [4.78, 5) is 0. The van der Waals surface area contributed by atoms with Crippen molar-refractivity contribution in [2.45, 2.75) is 25.5 Å². The van der Waals surface area contributed by atoms with Crippen LogP contribution in [0, 0.1) is 0 Å². The monoisotopic (exact) mass is 243 g/mol. The van der Waals surface area contributed by atoms with E-state index in [9.17, 15) is 5.11 Å². The Labute approximate surface area is 86.9 Å². The lowest BCUT2D eigenvalue weighted by Crippen LogP contribution is -2.34. The smallest absolute Gasteiger partial charge is 0.0666 e. The van der Waals surface area contributed by atoms with Crippen LogP contribution < -0.4 is 5.73 Å². The van der Waals surface area contributed by atoms with E-state index in [1.165, 1.54) is 0 Å². The second kappa shape index (κ2) is 4.74. The van der Waals surface area contributed by atoms with E-state index in [1.54, 1.807) is 6.92 Å². The molecule has 0 fully saturated rings. The molecule has 0 aromatic heterocycles. The lowest BCUT2D eigenvalue weighted by Gasteiger charge is -2.14. The van der Waals surface area contributed by atoms with Crippen LogP contribution in [0.5, 0.6) is 0 Å². The van der Waals surface area contributed by atoms with Gasteiger partial charge in [0.2, 0.25) is 0 Å². The number of benzene rings is 1. The van der Waals surface area contributed by atoms with Crippen molar-refractivity contribution in [3.63, 3.8) is 0 Å². The van der Waals surface area contributed by atoms with Gasteiger partial charge in [-0.3, -0.25) is 0 Å². The topological polar surface area (TPSA) is 46.2 Å². The van der Waals surface area contributed by atoms with Gasteiger partial charge in [-0.15, -0.1) is 0 Å². The van der Waals surface area contributed by atoms with Gasteiger partial charge in [0.05, 0.1) is 6.10 Å². The van der Waals surface area contributed by atoms with Gasteiger partial charge in [0.15, 0.2) is 0 Å². The molecule has 0 spiro atoms. The Hall–Kier alpha value is -0.380. The van der Waals surface area contributed by atoms with Crippen molar-refractivity contribution in [3.05, 3.63) is 34.3 Å². The predicted molar refractivity (Wildman–Crippen MR) is 57.5 cm³/mol. The molecule has 72 valence electrons. The molecular weight excluding hydrogens is 230 g/mol. The van der Waals surface area contributed by atoms with Gasteiger partial charge >= 0.3 is 0 Å². The molecule has 2 nitrogen and oxygen atoms in total. The van der Waals surface area contributed by atoms with E-state index in [2.05, 4.69) is 15.9 Å². The summed E-state index contributed by atoms with van der Waals surface area (Å²) in [6, 6.07) is 7.79. The molecule has 2 unspecified atom stereocenters. The first-order valence-electron chi connectivity index (χ1n) is 4.27. The number of aliphatic hydroxyl groups is 1. The first-order chi connectivity index (χ1) is 6.09. The molecule has 0 aliphatic rings. The summed E-state index contributed by atoms with van der Waals surface area (Å²) in [6.45, 7) is 1.71. The maximum absolute atomic E-state index is 9.20. The van der Waals surface area contributed by atoms with Gasteiger partial charge in [0.25, 0.3) is 0 Å². The number of aliphatic hydroxyl groups excluding tert-OH is 1. The minimum atomic E-state index is -0.455. The van der Waals surface area contributed by atoms with E-state index >= 15 is 0 Å². The summed E-state index contributed by atoms with van der Waals surface area (Å²) in [7, 11) is 0.